The van der Waals surface area contributed by atoms with E-state index >= 15 is 0 Å². The SMILES string of the molecule is Cc1ccc(N/N=C2\C(=O)c3ccc(NC(=O)Nc4ccc5c(c4)C=C(S(=O)(=O)[O-])/C(=N\Nc4ccc6cc(S(=O)(=O)[O-])ccc6c4)C5=O)cc3C=C2S(=O)(=O)[O-])cc1.[Na+].[Na+].[Na+]. The molecule has 2 aliphatic rings. The van der Waals surface area contributed by atoms with Crippen molar-refractivity contribution >= 4 is 105 Å². The number of aryl methyl sites for hydroxylation is 1. The summed E-state index contributed by atoms with van der Waals surface area (Å²) in [6.07, 6.45) is 1.87. The topological polar surface area (TPSA) is 296 Å². The summed E-state index contributed by atoms with van der Waals surface area (Å²) < 4.78 is 108. The molecule has 0 fully saturated rings. The third kappa shape index (κ3) is 11.4. The van der Waals surface area contributed by atoms with E-state index in [1.807, 2.05) is 6.92 Å². The molecule has 0 aliphatic heterocycles. The average molecular weight is 923 g/mol. The number of carbonyl (C=O) groups is 3. The van der Waals surface area contributed by atoms with Crippen molar-refractivity contribution in [2.24, 2.45) is 10.2 Å². The Labute approximate surface area is 420 Å². The van der Waals surface area contributed by atoms with Crippen LogP contribution in [0, 0.1) is 6.92 Å². The van der Waals surface area contributed by atoms with Crippen molar-refractivity contribution in [2.75, 3.05) is 21.5 Å². The van der Waals surface area contributed by atoms with Gasteiger partial charge in [0.2, 0.25) is 11.6 Å². The number of Topliss-reactive ketones (excluding diaryl/α,β-unsaturated/α-hetero) is 2. The number of fused-ring (bicyclic) bond motifs is 3. The molecule has 0 aromatic heterocycles. The molecule has 24 heteroatoms. The van der Waals surface area contributed by atoms with E-state index in [0.717, 1.165) is 23.8 Å². The Hall–Kier alpha value is -3.88. The van der Waals surface area contributed by atoms with E-state index in [1.54, 1.807) is 24.3 Å². The maximum atomic E-state index is 13.5. The monoisotopic (exact) mass is 922 g/mol. The van der Waals surface area contributed by atoms with Crippen LogP contribution < -0.4 is 110 Å². The zero-order valence-corrected chi connectivity index (χ0v) is 41.4. The van der Waals surface area contributed by atoms with Crippen molar-refractivity contribution in [1.82, 2.24) is 0 Å². The smallest absolute Gasteiger partial charge is 0.744 e. The summed E-state index contributed by atoms with van der Waals surface area (Å²) >= 11 is 0. The summed E-state index contributed by atoms with van der Waals surface area (Å²) in [6, 6.07) is 21.6. The molecule has 0 atom stereocenters. The van der Waals surface area contributed by atoms with E-state index in [9.17, 15) is 53.3 Å². The van der Waals surface area contributed by atoms with Gasteiger partial charge in [-0.3, -0.25) is 20.4 Å². The van der Waals surface area contributed by atoms with Crippen molar-refractivity contribution in [1.29, 1.82) is 0 Å². The maximum absolute atomic E-state index is 13.5. The normalized spacial score (nSPS) is 14.8. The molecular formula is C38H25N6Na3O12S3. The molecule has 0 unspecified atom stereocenters. The Morgan fingerprint density at radius 3 is 1.40 bits per heavy atom. The number of amides is 2. The summed E-state index contributed by atoms with van der Waals surface area (Å²) in [5, 5.41) is 13.7. The van der Waals surface area contributed by atoms with Crippen LogP contribution in [-0.4, -0.2) is 67.9 Å². The number of nitrogens with zero attached hydrogens (tertiary/aromatic N) is 2. The van der Waals surface area contributed by atoms with Gasteiger partial charge in [-0.25, -0.2) is 30.0 Å². The van der Waals surface area contributed by atoms with Crippen LogP contribution in [0.4, 0.5) is 27.5 Å². The molecule has 2 aliphatic carbocycles. The van der Waals surface area contributed by atoms with Gasteiger partial charge >= 0.3 is 94.7 Å². The molecule has 4 N–H and O–H groups in total. The largest absolute Gasteiger partial charge is 1.00 e. The molecule has 0 saturated carbocycles. The van der Waals surface area contributed by atoms with Crippen LogP contribution in [0.1, 0.15) is 37.4 Å². The fourth-order valence-corrected chi connectivity index (χ4v) is 7.83. The van der Waals surface area contributed by atoms with Gasteiger partial charge < -0.3 is 24.3 Å². The van der Waals surface area contributed by atoms with Gasteiger partial charge in [-0.15, -0.1) is 0 Å². The molecule has 0 radical (unpaired) electrons. The van der Waals surface area contributed by atoms with E-state index in [4.69, 9.17) is 0 Å². The second-order valence-corrected chi connectivity index (χ2v) is 17.0. The fraction of sp³-hybridized carbons (Fsp3) is 0.0263. The van der Waals surface area contributed by atoms with E-state index in [1.165, 1.54) is 66.7 Å². The predicted molar refractivity (Wildman–Crippen MR) is 215 cm³/mol. The number of hydrogen-bond donors (Lipinski definition) is 4. The Kier molecular flexibility index (Phi) is 16.3. The molecule has 62 heavy (non-hydrogen) atoms. The van der Waals surface area contributed by atoms with Gasteiger partial charge in [-0.05, 0) is 114 Å². The van der Waals surface area contributed by atoms with E-state index in [-0.39, 0.29) is 128 Å². The number of urea groups is 1. The Balaban J connectivity index is 0.00000282. The molecule has 300 valence electrons. The minimum Gasteiger partial charge on any atom is -0.744 e. The molecule has 18 nitrogen and oxygen atoms in total. The molecule has 5 aromatic carbocycles. The molecule has 0 saturated heterocycles. The Morgan fingerprint density at radius 1 is 0.516 bits per heavy atom. The number of ketones is 2. The number of hydrogen-bond acceptors (Lipinski definition) is 16. The van der Waals surface area contributed by atoms with Crippen LogP contribution in [-0.2, 0) is 30.4 Å². The molecule has 2 amide bonds. The summed E-state index contributed by atoms with van der Waals surface area (Å²) in [6.45, 7) is 1.85. The van der Waals surface area contributed by atoms with Gasteiger partial charge in [0.1, 0.15) is 41.8 Å². The van der Waals surface area contributed by atoms with E-state index < -0.39 is 74.1 Å². The number of anilines is 4. The summed E-state index contributed by atoms with van der Waals surface area (Å²) in [5.74, 6) is -1.81. The van der Waals surface area contributed by atoms with Gasteiger partial charge in [-0.1, -0.05) is 29.8 Å². The Bertz CT molecular complexity index is 3160. The molecule has 0 heterocycles. The minimum absolute atomic E-state index is 0. The summed E-state index contributed by atoms with van der Waals surface area (Å²) in [7, 11) is -15.2. The van der Waals surface area contributed by atoms with Crippen LogP contribution in [0.15, 0.2) is 122 Å². The van der Waals surface area contributed by atoms with Gasteiger partial charge in [0.15, 0.2) is 0 Å². The minimum atomic E-state index is -5.29. The molecule has 0 spiro atoms. The van der Waals surface area contributed by atoms with Gasteiger partial charge in [-0.2, -0.15) is 10.2 Å². The van der Waals surface area contributed by atoms with Crippen molar-refractivity contribution in [3.05, 3.63) is 135 Å². The van der Waals surface area contributed by atoms with Crippen LogP contribution in [0.3, 0.4) is 0 Å². The fourth-order valence-electron chi connectivity index (χ4n) is 6.04. The first-order valence-corrected chi connectivity index (χ1v) is 21.0. The zero-order chi connectivity index (χ0) is 42.4. The van der Waals surface area contributed by atoms with Gasteiger partial charge in [0.25, 0.3) is 0 Å². The first-order chi connectivity index (χ1) is 27.7. The van der Waals surface area contributed by atoms with Crippen molar-refractivity contribution in [3.63, 3.8) is 0 Å². The number of carbonyl (C=O) groups excluding carboxylic acids is 3. The number of nitrogens with one attached hydrogen (secondary N) is 4. The maximum Gasteiger partial charge on any atom is 1.00 e. The van der Waals surface area contributed by atoms with Crippen LogP contribution in [0.5, 0.6) is 0 Å². The Morgan fingerprint density at radius 2 is 0.935 bits per heavy atom. The number of rotatable bonds is 9. The number of benzene rings is 5. The third-order valence-electron chi connectivity index (χ3n) is 8.86. The zero-order valence-electron chi connectivity index (χ0n) is 32.9. The first kappa shape index (κ1) is 50.8. The molecule has 5 aromatic rings. The molecule has 7 rings (SSSR count). The quantitative estimate of drug-likeness (QED) is 0.0620. The average Bonchev–Trinajstić information content (AvgIpc) is 3.16. The van der Waals surface area contributed by atoms with Crippen molar-refractivity contribution < 1.29 is 142 Å². The third-order valence-corrected chi connectivity index (χ3v) is 11.4. The van der Waals surface area contributed by atoms with Crippen LogP contribution in [0.25, 0.3) is 22.9 Å². The first-order valence-electron chi connectivity index (χ1n) is 16.8. The number of hydrazone groups is 2. The molecular weight excluding hydrogens is 898 g/mol. The summed E-state index contributed by atoms with van der Waals surface area (Å²) in [5.41, 5.74) is 5.33. The standard InChI is InChI=1S/C38H28N6O12S3.3Na/c1-20-2-6-25(7-3-20)41-43-34-32(58(51,52)53)18-23-15-26(9-12-30(23)36(34)45)39-38(47)40-27-10-13-31-24(16-27)19-33(59(54,55)56)35(37(31)46)44-42-28-8-4-22-17-29(57(48,49)50)11-5-21(22)14-28;;;/h2-19,41-42H,1H3,(H2,39,40,47)(H,48,49,50)(H,51,52,53)(H,54,55,56);;;/q;3*+1/p-3/b43-34-,44-35+;;;. The number of allylic oxidation sites excluding steroid dienone is 2. The predicted octanol–water partition coefficient (Wildman–Crippen LogP) is -4.19. The van der Waals surface area contributed by atoms with Crippen molar-refractivity contribution in [3.8, 4) is 0 Å². The van der Waals surface area contributed by atoms with E-state index in [0.29, 0.717) is 16.5 Å². The summed E-state index contributed by atoms with van der Waals surface area (Å²) in [4.78, 5) is 37.5. The second-order valence-electron chi connectivity index (χ2n) is 13.0. The van der Waals surface area contributed by atoms with Crippen LogP contribution >= 0.6 is 0 Å². The van der Waals surface area contributed by atoms with Gasteiger partial charge in [0.05, 0.1) is 26.1 Å². The molecule has 0 bridgehead atoms. The second kappa shape index (κ2) is 19.9. The van der Waals surface area contributed by atoms with E-state index in [2.05, 4.69) is 31.7 Å². The van der Waals surface area contributed by atoms with Crippen molar-refractivity contribution in [2.45, 2.75) is 11.8 Å². The van der Waals surface area contributed by atoms with Gasteiger partial charge in [0, 0.05) is 22.5 Å². The van der Waals surface area contributed by atoms with Crippen LogP contribution in [0.2, 0.25) is 0 Å².